The number of ether oxygens (including phenoxy) is 2. The van der Waals surface area contributed by atoms with Crippen molar-refractivity contribution in [3.05, 3.63) is 11.8 Å². The van der Waals surface area contributed by atoms with Crippen LogP contribution in [0.25, 0.3) is 0 Å². The Morgan fingerprint density at radius 2 is 1.85 bits per heavy atom. The number of rotatable bonds is 1. The van der Waals surface area contributed by atoms with Crippen molar-refractivity contribution in [3.8, 4) is 0 Å². The molecule has 0 radical (unpaired) electrons. The van der Waals surface area contributed by atoms with E-state index in [9.17, 15) is 4.89 Å². The van der Waals surface area contributed by atoms with E-state index in [2.05, 4.69) is 27.7 Å². The van der Waals surface area contributed by atoms with Crippen molar-refractivity contribution < 1.29 is 14.4 Å². The number of fused-ring (bicyclic) bond motifs is 2. The van der Waals surface area contributed by atoms with Crippen molar-refractivity contribution in [1.82, 2.24) is 9.34 Å². The third-order valence-electron chi connectivity index (χ3n) is 3.05. The maximum Gasteiger partial charge on any atom is 0.259 e. The van der Waals surface area contributed by atoms with Gasteiger partial charge in [-0.15, -0.1) is 0 Å². The molecule has 1 N–H and O–H groups in total. The van der Waals surface area contributed by atoms with Gasteiger partial charge in [0.15, 0.2) is 0 Å². The molecule has 0 aromatic carbocycles. The lowest BCUT2D eigenvalue weighted by Gasteiger charge is -2.28. The van der Waals surface area contributed by atoms with Gasteiger partial charge in [0.25, 0.3) is 20.2 Å². The summed E-state index contributed by atoms with van der Waals surface area (Å²) >= 11 is 0. The average Bonchev–Trinajstić information content (AvgIpc) is 3.10. The first-order valence-electron chi connectivity index (χ1n) is 7.67. The largest absolute Gasteiger partial charge is 0.473 e. The molecule has 2 unspecified atom stereocenters. The highest BCUT2D eigenvalue weighted by molar-refractivity contribution is 7.47. The summed E-state index contributed by atoms with van der Waals surface area (Å²) in [7, 11) is -1.27. The second-order valence-electron chi connectivity index (χ2n) is 5.02. The van der Waals surface area contributed by atoms with Crippen LogP contribution in [0.4, 0.5) is 0 Å². The third-order valence-corrected chi connectivity index (χ3v) is 4.73. The van der Waals surface area contributed by atoms with Gasteiger partial charge in [-0.25, -0.2) is 0 Å². The second-order valence-corrected chi connectivity index (χ2v) is 6.47. The molecule has 0 aromatic rings. The number of nitrogens with zero attached hydrogens (tertiary/aromatic N) is 2. The smallest absolute Gasteiger partial charge is 0.259 e. The molecular formula is C14H29N2O3P. The van der Waals surface area contributed by atoms with Crippen LogP contribution in [0, 0.1) is 5.92 Å². The Hall–Kier alpha value is -0.670. The molecule has 3 heterocycles. The van der Waals surface area contributed by atoms with Gasteiger partial charge in [-0.3, -0.25) is 9.34 Å². The van der Waals surface area contributed by atoms with Crippen LogP contribution in [0.3, 0.4) is 0 Å². The van der Waals surface area contributed by atoms with Gasteiger partial charge in [0, 0.05) is 0 Å². The average molecular weight is 304 g/mol. The molecule has 0 bridgehead atoms. The van der Waals surface area contributed by atoms with E-state index < -0.39 is 8.45 Å². The van der Waals surface area contributed by atoms with E-state index in [4.69, 9.17) is 9.47 Å². The summed E-state index contributed by atoms with van der Waals surface area (Å²) in [5.41, 5.74) is 0. The van der Waals surface area contributed by atoms with Gasteiger partial charge in [-0.1, -0.05) is 48.0 Å². The molecule has 3 aliphatic heterocycles. The van der Waals surface area contributed by atoms with E-state index in [-0.39, 0.29) is 6.04 Å². The molecule has 2 fully saturated rings. The van der Waals surface area contributed by atoms with Crippen LogP contribution in [-0.4, -0.2) is 40.0 Å². The van der Waals surface area contributed by atoms with Crippen molar-refractivity contribution in [2.45, 2.75) is 54.0 Å². The topological polar surface area (TPSA) is 45.2 Å². The van der Waals surface area contributed by atoms with Crippen molar-refractivity contribution in [2.24, 2.45) is 5.92 Å². The van der Waals surface area contributed by atoms with E-state index in [0.717, 1.165) is 18.3 Å². The van der Waals surface area contributed by atoms with Crippen LogP contribution in [0.5, 0.6) is 0 Å². The lowest BCUT2D eigenvalue weighted by atomic mass is 10.1. The molecule has 6 heteroatoms. The fourth-order valence-electron chi connectivity index (χ4n) is 2.16. The van der Waals surface area contributed by atoms with Gasteiger partial charge in [-0.2, -0.15) is 0 Å². The summed E-state index contributed by atoms with van der Waals surface area (Å²) in [6.45, 7) is 14.6. The van der Waals surface area contributed by atoms with Crippen molar-refractivity contribution >= 4 is 8.45 Å². The highest BCUT2D eigenvalue weighted by Gasteiger charge is 2.51. The summed E-state index contributed by atoms with van der Waals surface area (Å²) in [4.78, 5) is 10.2. The Labute approximate surface area is 124 Å². The molecule has 2 saturated heterocycles. The highest BCUT2D eigenvalue weighted by Crippen LogP contribution is 2.58. The van der Waals surface area contributed by atoms with Crippen molar-refractivity contribution in [3.63, 3.8) is 0 Å². The second kappa shape index (κ2) is 7.94. The molecule has 0 aromatic heterocycles. The lowest BCUT2D eigenvalue weighted by Crippen LogP contribution is -2.31. The molecule has 0 aliphatic carbocycles. The summed E-state index contributed by atoms with van der Waals surface area (Å²) in [5, 5.41) is 0. The Kier molecular flexibility index (Phi) is 6.90. The van der Waals surface area contributed by atoms with E-state index in [0.29, 0.717) is 19.1 Å². The molecule has 3 rings (SSSR count). The Balaban J connectivity index is 0.000000357. The molecule has 3 aliphatic rings. The first kappa shape index (κ1) is 17.4. The molecule has 2 atom stereocenters. The van der Waals surface area contributed by atoms with E-state index in [1.54, 1.807) is 0 Å². The van der Waals surface area contributed by atoms with Crippen molar-refractivity contribution in [2.75, 3.05) is 19.8 Å². The minimum Gasteiger partial charge on any atom is -0.473 e. The zero-order chi connectivity index (χ0) is 15.3. The predicted molar refractivity (Wildman–Crippen MR) is 82.6 cm³/mol. The summed E-state index contributed by atoms with van der Waals surface area (Å²) in [6, 6.07) is 0.276. The molecule has 0 spiro atoms. The van der Waals surface area contributed by atoms with Gasteiger partial charge in [0.2, 0.25) is 0 Å². The van der Waals surface area contributed by atoms with Crippen molar-refractivity contribution in [1.29, 1.82) is 0 Å². The Morgan fingerprint density at radius 3 is 2.40 bits per heavy atom. The number of hydrogen-bond acceptors (Lipinski definition) is 5. The highest BCUT2D eigenvalue weighted by atomic mass is 31.2. The van der Waals surface area contributed by atoms with Gasteiger partial charge in [0.1, 0.15) is 13.2 Å². The maximum atomic E-state index is 10.2. The van der Waals surface area contributed by atoms with Gasteiger partial charge < -0.3 is 14.4 Å². The number of hydrogen-bond donors (Lipinski definition) is 1. The molecule has 20 heavy (non-hydrogen) atoms. The van der Waals surface area contributed by atoms with Crippen LogP contribution in [0.2, 0.25) is 0 Å². The zero-order valence-corrected chi connectivity index (χ0v) is 14.5. The van der Waals surface area contributed by atoms with Crippen LogP contribution in [0.1, 0.15) is 48.0 Å². The summed E-state index contributed by atoms with van der Waals surface area (Å²) in [6.07, 6.45) is 1.25. The minimum atomic E-state index is -1.27. The SMILES string of the molecule is CC.CC(C)C1COC2=C3OCCN3P(O)N21.CCC. The quantitative estimate of drug-likeness (QED) is 0.751. The van der Waals surface area contributed by atoms with Gasteiger partial charge >= 0.3 is 0 Å². The Morgan fingerprint density at radius 1 is 1.25 bits per heavy atom. The zero-order valence-electron chi connectivity index (χ0n) is 13.6. The standard InChI is InChI=1S/C9H15N2O3P.C3H8.C2H6/c1-6(2)7-5-14-9-8-10(3-4-13-8)15(12)11(7)9;1-3-2;1-2/h6-7,12H,3-5H2,1-2H3;3H2,1-2H3;1-2H3. The maximum absolute atomic E-state index is 10.2. The lowest BCUT2D eigenvalue weighted by molar-refractivity contribution is 0.189. The molecule has 0 saturated carbocycles. The van der Waals surface area contributed by atoms with Crippen LogP contribution in [0.15, 0.2) is 11.8 Å². The van der Waals surface area contributed by atoms with Crippen LogP contribution >= 0.6 is 8.45 Å². The molecule has 5 nitrogen and oxygen atoms in total. The molecule has 0 amide bonds. The van der Waals surface area contributed by atoms with E-state index in [1.165, 1.54) is 6.42 Å². The minimum absolute atomic E-state index is 0.276. The van der Waals surface area contributed by atoms with Crippen LogP contribution in [-0.2, 0) is 9.47 Å². The third kappa shape index (κ3) is 3.15. The predicted octanol–water partition coefficient (Wildman–Crippen LogP) is 3.48. The van der Waals surface area contributed by atoms with Crippen LogP contribution < -0.4 is 0 Å². The fourth-order valence-corrected chi connectivity index (χ4v) is 3.87. The van der Waals surface area contributed by atoms with E-state index in [1.807, 2.05) is 23.2 Å². The fraction of sp³-hybridized carbons (Fsp3) is 0.857. The normalized spacial score (nSPS) is 26.2. The molecule has 118 valence electrons. The first-order valence-corrected chi connectivity index (χ1v) is 8.87. The van der Waals surface area contributed by atoms with Gasteiger partial charge in [0.05, 0.1) is 12.6 Å². The Bertz CT molecular complexity index is 336. The summed E-state index contributed by atoms with van der Waals surface area (Å²) < 4.78 is 15.0. The molecular weight excluding hydrogens is 275 g/mol. The first-order chi connectivity index (χ1) is 9.61. The van der Waals surface area contributed by atoms with Gasteiger partial charge in [-0.05, 0) is 5.92 Å². The summed E-state index contributed by atoms with van der Waals surface area (Å²) in [5.74, 6) is 1.96. The monoisotopic (exact) mass is 304 g/mol. The van der Waals surface area contributed by atoms with E-state index >= 15 is 0 Å².